The summed E-state index contributed by atoms with van der Waals surface area (Å²) in [5, 5.41) is 0.349. The molecule has 1 aliphatic carbocycles. The quantitative estimate of drug-likeness (QED) is 0.589. The van der Waals surface area contributed by atoms with Gasteiger partial charge in [0, 0.05) is 5.38 Å². The Kier molecular flexibility index (Phi) is 4.30. The predicted octanol–water partition coefficient (Wildman–Crippen LogP) is 4.86. The van der Waals surface area contributed by atoms with Crippen LogP contribution in [-0.4, -0.2) is 5.38 Å². The van der Waals surface area contributed by atoms with E-state index >= 15 is 0 Å². The van der Waals surface area contributed by atoms with Gasteiger partial charge < -0.3 is 0 Å². The molecule has 0 bridgehead atoms. The fourth-order valence-electron chi connectivity index (χ4n) is 3.10. The Balaban J connectivity index is 2.40. The highest BCUT2D eigenvalue weighted by molar-refractivity contribution is 6.20. The summed E-state index contributed by atoms with van der Waals surface area (Å²) >= 11 is 6.00. The van der Waals surface area contributed by atoms with Crippen LogP contribution in [0.25, 0.3) is 0 Å². The van der Waals surface area contributed by atoms with Crippen LogP contribution in [0.1, 0.15) is 59.8 Å². The lowest BCUT2D eigenvalue weighted by molar-refractivity contribution is 0.178. The molecule has 1 fully saturated rings. The Morgan fingerprint density at radius 2 is 1.93 bits per heavy atom. The van der Waals surface area contributed by atoms with Crippen LogP contribution in [0.15, 0.2) is 0 Å². The van der Waals surface area contributed by atoms with Crippen LogP contribution in [-0.2, 0) is 0 Å². The Hall–Kier alpha value is 0.290. The minimum absolute atomic E-state index is 0.349. The van der Waals surface area contributed by atoms with E-state index < -0.39 is 0 Å². The molecule has 3 atom stereocenters. The van der Waals surface area contributed by atoms with Crippen molar-refractivity contribution >= 4 is 11.6 Å². The first-order chi connectivity index (χ1) is 6.43. The number of hydrogen-bond donors (Lipinski definition) is 0. The highest BCUT2D eigenvalue weighted by Gasteiger charge is 2.37. The third-order valence-corrected chi connectivity index (χ3v) is 4.26. The van der Waals surface area contributed by atoms with Gasteiger partial charge >= 0.3 is 0 Å². The molecule has 1 heteroatoms. The van der Waals surface area contributed by atoms with Crippen molar-refractivity contribution in [2.75, 3.05) is 0 Å². The molecule has 0 heterocycles. The van der Waals surface area contributed by atoms with E-state index in [0.29, 0.717) is 10.8 Å². The summed E-state index contributed by atoms with van der Waals surface area (Å²) in [7, 11) is 0. The smallest absolute Gasteiger partial charge is 0.0307 e. The summed E-state index contributed by atoms with van der Waals surface area (Å²) in [4.78, 5) is 0. The summed E-state index contributed by atoms with van der Waals surface area (Å²) < 4.78 is 0. The maximum atomic E-state index is 6.00. The number of halogens is 1. The average molecular weight is 217 g/mol. The van der Waals surface area contributed by atoms with Crippen molar-refractivity contribution in [3.05, 3.63) is 0 Å². The van der Waals surface area contributed by atoms with E-state index in [4.69, 9.17) is 11.6 Å². The van der Waals surface area contributed by atoms with Gasteiger partial charge in [0.1, 0.15) is 0 Å². The first kappa shape index (κ1) is 12.4. The highest BCUT2D eigenvalue weighted by atomic mass is 35.5. The van der Waals surface area contributed by atoms with Crippen molar-refractivity contribution < 1.29 is 0 Å². The zero-order valence-electron chi connectivity index (χ0n) is 10.1. The van der Waals surface area contributed by atoms with Crippen molar-refractivity contribution in [3.8, 4) is 0 Å². The molecular weight excluding hydrogens is 192 g/mol. The monoisotopic (exact) mass is 216 g/mol. The van der Waals surface area contributed by atoms with Gasteiger partial charge in [0.15, 0.2) is 0 Å². The van der Waals surface area contributed by atoms with E-state index in [9.17, 15) is 0 Å². The normalized spacial score (nSPS) is 30.2. The number of alkyl halides is 1. The molecule has 0 N–H and O–H groups in total. The van der Waals surface area contributed by atoms with Crippen LogP contribution in [0.2, 0.25) is 0 Å². The van der Waals surface area contributed by atoms with Crippen LogP contribution in [0.4, 0.5) is 0 Å². The highest BCUT2D eigenvalue weighted by Crippen LogP contribution is 2.47. The van der Waals surface area contributed by atoms with E-state index in [1.807, 2.05) is 0 Å². The van der Waals surface area contributed by atoms with Gasteiger partial charge in [-0.3, -0.25) is 0 Å². The van der Waals surface area contributed by atoms with Gasteiger partial charge in [-0.05, 0) is 49.9 Å². The van der Waals surface area contributed by atoms with Gasteiger partial charge in [0.05, 0.1) is 0 Å². The SMILES string of the molecule is CC(Cl)CCC(C)C1CCCC1(C)C. The first-order valence-corrected chi connectivity index (χ1v) is 6.51. The van der Waals surface area contributed by atoms with Crippen molar-refractivity contribution in [1.29, 1.82) is 0 Å². The molecule has 1 saturated carbocycles. The van der Waals surface area contributed by atoms with Crippen molar-refractivity contribution in [2.45, 2.75) is 65.2 Å². The fraction of sp³-hybridized carbons (Fsp3) is 1.00. The van der Waals surface area contributed by atoms with Gasteiger partial charge in [-0.1, -0.05) is 27.2 Å². The van der Waals surface area contributed by atoms with Gasteiger partial charge in [-0.25, -0.2) is 0 Å². The number of hydrogen-bond acceptors (Lipinski definition) is 0. The summed E-state index contributed by atoms with van der Waals surface area (Å²) in [6.07, 6.45) is 6.76. The second-order valence-corrected chi connectivity index (χ2v) is 6.57. The molecule has 3 unspecified atom stereocenters. The molecule has 0 radical (unpaired) electrons. The summed E-state index contributed by atoms with van der Waals surface area (Å²) in [6, 6.07) is 0. The van der Waals surface area contributed by atoms with Crippen molar-refractivity contribution in [3.63, 3.8) is 0 Å². The van der Waals surface area contributed by atoms with Gasteiger partial charge in [-0.15, -0.1) is 11.6 Å². The zero-order chi connectivity index (χ0) is 10.8. The molecule has 84 valence electrons. The Bertz CT molecular complexity index is 172. The molecule has 0 amide bonds. The van der Waals surface area contributed by atoms with Crippen LogP contribution < -0.4 is 0 Å². The second kappa shape index (κ2) is 4.88. The Morgan fingerprint density at radius 1 is 1.29 bits per heavy atom. The molecule has 0 aromatic rings. The minimum Gasteiger partial charge on any atom is -0.123 e. The number of rotatable bonds is 4. The Labute approximate surface area is 94.4 Å². The lowest BCUT2D eigenvalue weighted by atomic mass is 9.73. The second-order valence-electron chi connectivity index (χ2n) is 5.82. The third kappa shape index (κ3) is 3.15. The molecule has 0 nitrogen and oxygen atoms in total. The zero-order valence-corrected chi connectivity index (χ0v) is 10.9. The molecule has 1 rings (SSSR count). The molecule has 1 aliphatic rings. The largest absolute Gasteiger partial charge is 0.123 e. The average Bonchev–Trinajstić information content (AvgIpc) is 2.41. The predicted molar refractivity (Wildman–Crippen MR) is 64.8 cm³/mol. The van der Waals surface area contributed by atoms with Gasteiger partial charge in [0.25, 0.3) is 0 Å². The van der Waals surface area contributed by atoms with E-state index in [2.05, 4.69) is 27.7 Å². The molecule has 0 aliphatic heterocycles. The van der Waals surface area contributed by atoms with Crippen LogP contribution in [0.5, 0.6) is 0 Å². The summed E-state index contributed by atoms with van der Waals surface area (Å²) in [5.41, 5.74) is 0.578. The third-order valence-electron chi connectivity index (χ3n) is 4.05. The fourth-order valence-corrected chi connectivity index (χ4v) is 3.23. The molecule has 0 aromatic heterocycles. The van der Waals surface area contributed by atoms with E-state index in [1.54, 1.807) is 0 Å². The van der Waals surface area contributed by atoms with E-state index in [1.165, 1.54) is 32.1 Å². The maximum Gasteiger partial charge on any atom is 0.0307 e. The molecule has 0 aromatic carbocycles. The van der Waals surface area contributed by atoms with Crippen LogP contribution >= 0.6 is 11.6 Å². The first-order valence-electron chi connectivity index (χ1n) is 6.07. The topological polar surface area (TPSA) is 0 Å². The van der Waals surface area contributed by atoms with E-state index in [0.717, 1.165) is 11.8 Å². The standard InChI is InChI=1S/C13H25Cl/c1-10(7-8-11(2)14)12-6-5-9-13(12,3)4/h10-12H,5-9H2,1-4H3. The molecule has 14 heavy (non-hydrogen) atoms. The summed E-state index contributed by atoms with van der Waals surface area (Å²) in [5.74, 6) is 1.78. The summed E-state index contributed by atoms with van der Waals surface area (Å²) in [6.45, 7) is 9.39. The molecule has 0 saturated heterocycles. The molecular formula is C13H25Cl. The van der Waals surface area contributed by atoms with Gasteiger partial charge in [0.2, 0.25) is 0 Å². The lowest BCUT2D eigenvalue weighted by Gasteiger charge is -2.32. The van der Waals surface area contributed by atoms with Crippen molar-refractivity contribution in [1.82, 2.24) is 0 Å². The maximum absolute atomic E-state index is 6.00. The van der Waals surface area contributed by atoms with Crippen LogP contribution in [0, 0.1) is 17.3 Å². The lowest BCUT2D eigenvalue weighted by Crippen LogP contribution is -2.24. The minimum atomic E-state index is 0.349. The Morgan fingerprint density at radius 3 is 2.36 bits per heavy atom. The van der Waals surface area contributed by atoms with Gasteiger partial charge in [-0.2, -0.15) is 0 Å². The molecule has 0 spiro atoms. The van der Waals surface area contributed by atoms with E-state index in [-0.39, 0.29) is 0 Å². The van der Waals surface area contributed by atoms with Crippen molar-refractivity contribution in [2.24, 2.45) is 17.3 Å². The van der Waals surface area contributed by atoms with Crippen LogP contribution in [0.3, 0.4) is 0 Å².